The molecule has 2 bridgehead atoms. The first-order valence-electron chi connectivity index (χ1n) is 14.9. The maximum absolute atomic E-state index is 14.2. The summed E-state index contributed by atoms with van der Waals surface area (Å²) in [5, 5.41) is 6.87. The molecule has 3 aliphatic heterocycles. The van der Waals surface area contributed by atoms with Crippen LogP contribution in [-0.2, 0) is 25.5 Å². The highest BCUT2D eigenvalue weighted by Gasteiger charge is 2.72. The lowest BCUT2D eigenvalue weighted by molar-refractivity contribution is -0.141. The van der Waals surface area contributed by atoms with Gasteiger partial charge in [-0.05, 0) is 54.5 Å². The van der Waals surface area contributed by atoms with Crippen LogP contribution in [0.2, 0.25) is 5.02 Å². The Balaban J connectivity index is 1.28. The van der Waals surface area contributed by atoms with Crippen molar-refractivity contribution >= 4 is 35.0 Å². The minimum absolute atomic E-state index is 0.0858. The predicted octanol–water partition coefficient (Wildman–Crippen LogP) is 5.24. The third-order valence-electron chi connectivity index (χ3n) is 9.30. The molecule has 2 aromatic carbocycles. The van der Waals surface area contributed by atoms with Crippen molar-refractivity contribution in [1.29, 1.82) is 0 Å². The zero-order valence-electron chi connectivity index (χ0n) is 23.6. The first-order chi connectivity index (χ1) is 19.8. The lowest BCUT2D eigenvalue weighted by Gasteiger charge is -2.34. The molecule has 8 heteroatoms. The number of anilines is 1. The van der Waals surface area contributed by atoms with Gasteiger partial charge >= 0.3 is 0 Å². The third-order valence-corrected chi connectivity index (χ3v) is 9.67. The number of likely N-dealkylation sites (tertiary alicyclic amines) is 1. The van der Waals surface area contributed by atoms with Crippen LogP contribution in [0.25, 0.3) is 0 Å². The molecule has 6 rings (SSSR count). The van der Waals surface area contributed by atoms with Gasteiger partial charge in [-0.1, -0.05) is 87.2 Å². The summed E-state index contributed by atoms with van der Waals surface area (Å²) in [4.78, 5) is 43.5. The largest absolute Gasteiger partial charge is 0.359 e. The Hall–Kier alpha value is -3.16. The van der Waals surface area contributed by atoms with Gasteiger partial charge in [0.05, 0.1) is 17.9 Å². The van der Waals surface area contributed by atoms with E-state index in [4.69, 9.17) is 16.3 Å². The minimum Gasteiger partial charge on any atom is -0.359 e. The van der Waals surface area contributed by atoms with Gasteiger partial charge in [-0.3, -0.25) is 14.4 Å². The van der Waals surface area contributed by atoms with Crippen molar-refractivity contribution < 1.29 is 19.1 Å². The highest BCUT2D eigenvalue weighted by molar-refractivity contribution is 6.31. The van der Waals surface area contributed by atoms with Crippen LogP contribution < -0.4 is 10.6 Å². The number of amides is 3. The number of benzene rings is 2. The molecular formula is C33H38ClN3O4. The van der Waals surface area contributed by atoms with Gasteiger partial charge < -0.3 is 20.3 Å². The van der Waals surface area contributed by atoms with Crippen LogP contribution in [0.5, 0.6) is 0 Å². The lowest BCUT2D eigenvalue weighted by Crippen LogP contribution is -2.56. The van der Waals surface area contributed by atoms with Gasteiger partial charge in [0.1, 0.15) is 11.6 Å². The van der Waals surface area contributed by atoms with Crippen molar-refractivity contribution in [2.75, 3.05) is 11.9 Å². The molecule has 0 unspecified atom stereocenters. The molecule has 216 valence electrons. The summed E-state index contributed by atoms with van der Waals surface area (Å²) in [7, 11) is 0. The van der Waals surface area contributed by atoms with Gasteiger partial charge in [-0.15, -0.1) is 0 Å². The van der Waals surface area contributed by atoms with Crippen LogP contribution in [0.1, 0.15) is 63.0 Å². The molecule has 1 saturated carbocycles. The zero-order chi connectivity index (χ0) is 28.7. The molecule has 2 N–H and O–H groups in total. The molecule has 3 amide bonds. The smallest absolute Gasteiger partial charge is 0.246 e. The van der Waals surface area contributed by atoms with Crippen molar-refractivity contribution in [1.82, 2.24) is 10.2 Å². The van der Waals surface area contributed by atoms with E-state index < -0.39 is 29.6 Å². The lowest BCUT2D eigenvalue weighted by atomic mass is 9.74. The number of halogens is 1. The molecule has 2 aromatic rings. The Labute approximate surface area is 246 Å². The maximum Gasteiger partial charge on any atom is 0.246 e. The standard InChI is InChI=1S/C33H38ClN3O4/c1-20(2)21-12-14-24(15-13-21)35-30(38)27-26-16-18-33(41-26)28(27)32(40)37(19-17-22-8-6-7-11-25(22)34)29(33)31(39)36-23-9-4-3-5-10-23/h6-8,11-16,18,20,23,26-29H,3-5,9-10,17,19H2,1-2H3,(H,35,38)(H,36,39)/t26-,27+,28-,29-,33-/m1/s1. The average Bonchev–Trinajstić information content (AvgIpc) is 3.60. The fourth-order valence-corrected chi connectivity index (χ4v) is 7.38. The monoisotopic (exact) mass is 575 g/mol. The van der Waals surface area contributed by atoms with Crippen LogP contribution in [0.3, 0.4) is 0 Å². The Morgan fingerprint density at radius 3 is 2.49 bits per heavy atom. The Morgan fingerprint density at radius 1 is 1.05 bits per heavy atom. The molecule has 0 aromatic heterocycles. The average molecular weight is 576 g/mol. The predicted molar refractivity (Wildman–Crippen MR) is 159 cm³/mol. The highest BCUT2D eigenvalue weighted by Crippen LogP contribution is 2.55. The second kappa shape index (κ2) is 11.3. The van der Waals surface area contributed by atoms with E-state index in [2.05, 4.69) is 24.5 Å². The van der Waals surface area contributed by atoms with Crippen LogP contribution in [0, 0.1) is 11.8 Å². The molecule has 7 nitrogen and oxygen atoms in total. The number of ether oxygens (including phenoxy) is 1. The summed E-state index contributed by atoms with van der Waals surface area (Å²) in [5.41, 5.74) is 1.58. The Bertz CT molecular complexity index is 1350. The summed E-state index contributed by atoms with van der Waals surface area (Å²) in [5.74, 6) is -1.82. The SMILES string of the molecule is CC(C)c1ccc(NC(=O)[C@H]2[C@H]3C=C[C@@]4(O3)[C@H]2C(=O)N(CCc2ccccc2Cl)[C@@H]4C(=O)NC2CCCCC2)cc1. The second-order valence-corrected chi connectivity index (χ2v) is 12.6. The molecule has 0 radical (unpaired) electrons. The summed E-state index contributed by atoms with van der Waals surface area (Å²) >= 11 is 6.43. The molecule has 3 heterocycles. The molecule has 2 saturated heterocycles. The Kier molecular flexibility index (Phi) is 7.68. The first kappa shape index (κ1) is 28.0. The van der Waals surface area contributed by atoms with Crippen molar-refractivity contribution in [2.45, 2.75) is 82.1 Å². The molecule has 1 spiro atoms. The minimum atomic E-state index is -1.18. The fourth-order valence-electron chi connectivity index (χ4n) is 7.15. The van der Waals surface area contributed by atoms with E-state index >= 15 is 0 Å². The molecule has 4 aliphatic rings. The number of hydrogen-bond acceptors (Lipinski definition) is 4. The van der Waals surface area contributed by atoms with Gasteiger partial charge in [-0.2, -0.15) is 0 Å². The van der Waals surface area contributed by atoms with E-state index in [1.54, 1.807) is 4.90 Å². The van der Waals surface area contributed by atoms with E-state index in [1.807, 2.05) is 60.7 Å². The number of hydrogen-bond donors (Lipinski definition) is 2. The van der Waals surface area contributed by atoms with Crippen molar-refractivity contribution in [3.8, 4) is 0 Å². The second-order valence-electron chi connectivity index (χ2n) is 12.2. The number of carbonyl (C=O) groups is 3. The van der Waals surface area contributed by atoms with Crippen molar-refractivity contribution in [2.24, 2.45) is 11.8 Å². The van der Waals surface area contributed by atoms with Crippen LogP contribution in [0.15, 0.2) is 60.7 Å². The number of rotatable bonds is 8. The number of nitrogens with one attached hydrogen (secondary N) is 2. The van der Waals surface area contributed by atoms with Gasteiger partial charge in [0, 0.05) is 23.3 Å². The summed E-state index contributed by atoms with van der Waals surface area (Å²) in [6.45, 7) is 4.54. The summed E-state index contributed by atoms with van der Waals surface area (Å²) in [6, 6.07) is 14.6. The van der Waals surface area contributed by atoms with Gasteiger partial charge in [0.25, 0.3) is 0 Å². The zero-order valence-corrected chi connectivity index (χ0v) is 24.4. The van der Waals surface area contributed by atoms with Crippen LogP contribution in [-0.4, -0.2) is 53.0 Å². The molecule has 1 aliphatic carbocycles. The highest BCUT2D eigenvalue weighted by atomic mass is 35.5. The van der Waals surface area contributed by atoms with E-state index in [0.29, 0.717) is 29.6 Å². The molecule has 3 fully saturated rings. The van der Waals surface area contributed by atoms with E-state index in [1.165, 1.54) is 12.0 Å². The van der Waals surface area contributed by atoms with Gasteiger partial charge in [0.15, 0.2) is 0 Å². The first-order valence-corrected chi connectivity index (χ1v) is 15.3. The van der Waals surface area contributed by atoms with E-state index in [0.717, 1.165) is 31.2 Å². The third kappa shape index (κ3) is 5.08. The van der Waals surface area contributed by atoms with E-state index in [-0.39, 0.29) is 23.8 Å². The summed E-state index contributed by atoms with van der Waals surface area (Å²) < 4.78 is 6.48. The van der Waals surface area contributed by atoms with Crippen molar-refractivity contribution in [3.63, 3.8) is 0 Å². The van der Waals surface area contributed by atoms with Crippen LogP contribution >= 0.6 is 11.6 Å². The van der Waals surface area contributed by atoms with Crippen molar-refractivity contribution in [3.05, 3.63) is 76.8 Å². The normalized spacial score (nSPS) is 28.8. The molecular weight excluding hydrogens is 538 g/mol. The Morgan fingerprint density at radius 2 is 1.78 bits per heavy atom. The summed E-state index contributed by atoms with van der Waals surface area (Å²) in [6.07, 6.45) is 8.85. The topological polar surface area (TPSA) is 87.7 Å². The quantitative estimate of drug-likeness (QED) is 0.421. The maximum atomic E-state index is 14.2. The van der Waals surface area contributed by atoms with E-state index in [9.17, 15) is 14.4 Å². The molecule has 5 atom stereocenters. The van der Waals surface area contributed by atoms with Crippen LogP contribution in [0.4, 0.5) is 5.69 Å². The number of carbonyl (C=O) groups excluding carboxylic acids is 3. The van der Waals surface area contributed by atoms with Gasteiger partial charge in [-0.25, -0.2) is 0 Å². The van der Waals surface area contributed by atoms with Gasteiger partial charge in [0.2, 0.25) is 17.7 Å². The molecule has 41 heavy (non-hydrogen) atoms. The number of nitrogens with zero attached hydrogens (tertiary/aromatic N) is 1. The fraction of sp³-hybridized carbons (Fsp3) is 0.485. The number of fused-ring (bicyclic) bond motifs is 1.